The largest absolute Gasteiger partial charge is 0.397 e. The third-order valence-corrected chi connectivity index (χ3v) is 6.30. The number of piperazine rings is 1. The summed E-state index contributed by atoms with van der Waals surface area (Å²) >= 11 is 0. The van der Waals surface area contributed by atoms with Gasteiger partial charge in [0.05, 0.1) is 16.7 Å². The van der Waals surface area contributed by atoms with Crippen molar-refractivity contribution in [1.29, 1.82) is 0 Å². The first-order valence-electron chi connectivity index (χ1n) is 12.2. The zero-order chi connectivity index (χ0) is 26.9. The Morgan fingerprint density at radius 1 is 1.03 bits per heavy atom. The fourth-order valence-electron chi connectivity index (χ4n) is 4.56. The first kappa shape index (κ1) is 25.6. The first-order chi connectivity index (χ1) is 18.1. The lowest BCUT2D eigenvalue weighted by Crippen LogP contribution is -2.49. The molecule has 1 aliphatic heterocycles. The molecule has 1 fully saturated rings. The van der Waals surface area contributed by atoms with Gasteiger partial charge in [0, 0.05) is 50.2 Å². The molecule has 9 nitrogen and oxygen atoms in total. The van der Waals surface area contributed by atoms with Gasteiger partial charge in [0.2, 0.25) is 11.9 Å². The number of imidazole rings is 1. The summed E-state index contributed by atoms with van der Waals surface area (Å²) < 4.78 is 37.6. The van der Waals surface area contributed by atoms with Gasteiger partial charge in [-0.25, -0.2) is 19.9 Å². The van der Waals surface area contributed by atoms with E-state index in [-0.39, 0.29) is 13.1 Å². The molecule has 4 heterocycles. The van der Waals surface area contributed by atoms with E-state index in [1.165, 1.54) is 4.90 Å². The number of carbonyl (C=O) groups excluding carboxylic acids is 1. The number of nitrogens with one attached hydrogen (secondary N) is 2. The Morgan fingerprint density at radius 3 is 2.55 bits per heavy atom. The monoisotopic (exact) mass is 524 g/mol. The minimum atomic E-state index is -4.48. The van der Waals surface area contributed by atoms with E-state index in [0.29, 0.717) is 37.2 Å². The number of benzene rings is 1. The molecule has 0 aliphatic carbocycles. The molecule has 12 heteroatoms. The van der Waals surface area contributed by atoms with E-state index in [2.05, 4.69) is 35.1 Å². The van der Waals surface area contributed by atoms with Gasteiger partial charge < -0.3 is 15.2 Å². The van der Waals surface area contributed by atoms with Gasteiger partial charge in [0.25, 0.3) is 0 Å². The van der Waals surface area contributed by atoms with E-state index in [4.69, 9.17) is 0 Å². The zero-order valence-electron chi connectivity index (χ0n) is 21.0. The van der Waals surface area contributed by atoms with E-state index in [9.17, 15) is 18.0 Å². The Labute approximate surface area is 217 Å². The molecule has 3 aromatic heterocycles. The number of H-pyrrole nitrogens is 1. The summed E-state index contributed by atoms with van der Waals surface area (Å²) in [5, 5.41) is 3.24. The van der Waals surface area contributed by atoms with Crippen molar-refractivity contribution in [2.24, 2.45) is 0 Å². The maximum Gasteiger partial charge on any atom is 0.397 e. The van der Waals surface area contributed by atoms with E-state index < -0.39 is 18.5 Å². The average molecular weight is 525 g/mol. The number of amides is 1. The topological polar surface area (TPSA) is 103 Å². The van der Waals surface area contributed by atoms with E-state index in [1.54, 1.807) is 6.20 Å². The molecule has 0 atom stereocenters. The second-order valence-electron chi connectivity index (χ2n) is 9.38. The number of carbonyl (C=O) groups is 1. The van der Waals surface area contributed by atoms with Crippen molar-refractivity contribution in [2.45, 2.75) is 33.0 Å². The summed E-state index contributed by atoms with van der Waals surface area (Å²) in [5.74, 6) is 1.02. The summed E-state index contributed by atoms with van der Waals surface area (Å²) in [7, 11) is 0. The fourth-order valence-corrected chi connectivity index (χ4v) is 4.56. The van der Waals surface area contributed by atoms with Crippen molar-refractivity contribution in [1.82, 2.24) is 34.7 Å². The van der Waals surface area contributed by atoms with Crippen LogP contribution in [0, 0.1) is 13.8 Å². The van der Waals surface area contributed by atoms with Crippen LogP contribution in [-0.2, 0) is 11.3 Å². The van der Waals surface area contributed by atoms with Crippen LogP contribution in [0.25, 0.3) is 22.3 Å². The second-order valence-corrected chi connectivity index (χ2v) is 9.38. The number of alkyl halides is 3. The van der Waals surface area contributed by atoms with Gasteiger partial charge in [-0.2, -0.15) is 13.2 Å². The molecule has 1 aliphatic rings. The van der Waals surface area contributed by atoms with Gasteiger partial charge >= 0.3 is 6.18 Å². The quantitative estimate of drug-likeness (QED) is 0.386. The van der Waals surface area contributed by atoms with Gasteiger partial charge in [-0.3, -0.25) is 9.69 Å². The molecular formula is C26H27F3N8O. The van der Waals surface area contributed by atoms with Crippen LogP contribution in [0.15, 0.2) is 42.6 Å². The van der Waals surface area contributed by atoms with Crippen LogP contribution in [0.3, 0.4) is 0 Å². The van der Waals surface area contributed by atoms with Crippen LogP contribution in [0.4, 0.5) is 24.9 Å². The number of halogens is 3. The molecule has 1 aromatic carbocycles. The van der Waals surface area contributed by atoms with Gasteiger partial charge in [-0.1, -0.05) is 6.07 Å². The number of hydrogen-bond acceptors (Lipinski definition) is 7. The number of aryl methyl sites for hydroxylation is 2. The van der Waals surface area contributed by atoms with E-state index in [1.807, 2.05) is 50.2 Å². The predicted molar refractivity (Wildman–Crippen MR) is 137 cm³/mol. The molecule has 0 unspecified atom stereocenters. The van der Waals surface area contributed by atoms with Crippen molar-refractivity contribution in [3.8, 4) is 11.3 Å². The summed E-state index contributed by atoms with van der Waals surface area (Å²) in [5.41, 5.74) is 5.27. The Hall–Kier alpha value is -4.06. The number of pyridine rings is 1. The molecule has 0 bridgehead atoms. The summed E-state index contributed by atoms with van der Waals surface area (Å²) in [6, 6.07) is 11.6. The molecule has 5 rings (SSSR count). The lowest BCUT2D eigenvalue weighted by atomic mass is 10.1. The number of nitrogens with zero attached hydrogens (tertiary/aromatic N) is 6. The Kier molecular flexibility index (Phi) is 6.98. The molecule has 0 radical (unpaired) electrons. The predicted octanol–water partition coefficient (Wildman–Crippen LogP) is 4.37. The SMILES string of the molecule is Cc1cc(CN2CCN(C(=O)CC(F)(F)F)CC2)cc(Nc2nc3ccc(-c4ccnc(C)n4)cc3[nH]2)n1. The standard InChI is InChI=1S/C26H27F3N8O/c1-16-11-18(15-36-7-9-37(10-8-36)24(38)14-26(27,28)29)12-23(31-16)35-25-33-21-4-3-19(13-22(21)34-25)20-5-6-30-17(2)32-20/h3-6,11-13H,7-10,14-15H2,1-2H3,(H2,31,33,34,35). The number of aromatic amines is 1. The highest BCUT2D eigenvalue weighted by Crippen LogP contribution is 2.25. The Bertz CT molecular complexity index is 1460. The molecule has 38 heavy (non-hydrogen) atoms. The smallest absolute Gasteiger partial charge is 0.340 e. The van der Waals surface area contributed by atoms with E-state index >= 15 is 0 Å². The van der Waals surface area contributed by atoms with Crippen LogP contribution in [-0.4, -0.2) is 73.0 Å². The first-order valence-corrected chi connectivity index (χ1v) is 12.2. The van der Waals surface area contributed by atoms with Crippen LogP contribution in [0.2, 0.25) is 0 Å². The molecule has 0 spiro atoms. The molecular weight excluding hydrogens is 497 g/mol. The van der Waals surface area contributed by atoms with Crippen molar-refractivity contribution in [3.63, 3.8) is 0 Å². The highest BCUT2D eigenvalue weighted by molar-refractivity contribution is 5.83. The third kappa shape index (κ3) is 6.25. The maximum atomic E-state index is 12.5. The van der Waals surface area contributed by atoms with Crippen molar-refractivity contribution in [3.05, 3.63) is 59.7 Å². The summed E-state index contributed by atoms with van der Waals surface area (Å²) in [4.78, 5) is 36.4. The van der Waals surface area contributed by atoms with Gasteiger partial charge in [0.15, 0.2) is 0 Å². The second kappa shape index (κ2) is 10.4. The molecule has 2 N–H and O–H groups in total. The van der Waals surface area contributed by atoms with Gasteiger partial charge in [-0.15, -0.1) is 0 Å². The van der Waals surface area contributed by atoms with Crippen molar-refractivity contribution in [2.75, 3.05) is 31.5 Å². The number of anilines is 2. The molecule has 198 valence electrons. The Morgan fingerprint density at radius 2 is 1.82 bits per heavy atom. The minimum Gasteiger partial charge on any atom is -0.340 e. The fraction of sp³-hybridized carbons (Fsp3) is 0.346. The van der Waals surface area contributed by atoms with Crippen molar-refractivity contribution < 1.29 is 18.0 Å². The zero-order valence-corrected chi connectivity index (χ0v) is 21.0. The number of fused-ring (bicyclic) bond motifs is 1. The van der Waals surface area contributed by atoms with Crippen LogP contribution < -0.4 is 5.32 Å². The third-order valence-electron chi connectivity index (χ3n) is 6.30. The lowest BCUT2D eigenvalue weighted by molar-refractivity contribution is -0.162. The van der Waals surface area contributed by atoms with Gasteiger partial charge in [0.1, 0.15) is 18.1 Å². The molecule has 1 amide bonds. The highest BCUT2D eigenvalue weighted by Gasteiger charge is 2.34. The normalized spacial score (nSPS) is 14.7. The maximum absolute atomic E-state index is 12.5. The minimum absolute atomic E-state index is 0.277. The van der Waals surface area contributed by atoms with Crippen LogP contribution in [0.5, 0.6) is 0 Å². The Balaban J connectivity index is 1.24. The highest BCUT2D eigenvalue weighted by atomic mass is 19.4. The number of hydrogen-bond donors (Lipinski definition) is 2. The summed E-state index contributed by atoms with van der Waals surface area (Å²) in [6.07, 6.45) is -4.16. The molecule has 0 saturated carbocycles. The molecule has 4 aromatic rings. The lowest BCUT2D eigenvalue weighted by Gasteiger charge is -2.35. The number of aromatic nitrogens is 5. The number of rotatable bonds is 6. The van der Waals surface area contributed by atoms with E-state index in [0.717, 1.165) is 33.5 Å². The molecule has 1 saturated heterocycles. The van der Waals surface area contributed by atoms with Gasteiger partial charge in [-0.05, 0) is 49.7 Å². The van der Waals surface area contributed by atoms with Crippen LogP contribution >= 0.6 is 0 Å². The summed E-state index contributed by atoms with van der Waals surface area (Å²) in [6.45, 7) is 5.91. The average Bonchev–Trinajstić information content (AvgIpc) is 3.24. The van der Waals surface area contributed by atoms with Crippen molar-refractivity contribution >= 4 is 28.7 Å². The van der Waals surface area contributed by atoms with Crippen LogP contribution in [0.1, 0.15) is 23.5 Å².